The van der Waals surface area contributed by atoms with E-state index in [0.717, 1.165) is 25.8 Å². The largest absolute Gasteiger partial charge is 0.481 e. The van der Waals surface area contributed by atoms with E-state index in [1.807, 2.05) is 4.90 Å². The zero-order chi connectivity index (χ0) is 15.4. The van der Waals surface area contributed by atoms with Gasteiger partial charge in [-0.05, 0) is 38.0 Å². The molecule has 2 aliphatic carbocycles. The van der Waals surface area contributed by atoms with Crippen molar-refractivity contribution in [2.75, 3.05) is 6.54 Å². The van der Waals surface area contributed by atoms with Crippen LogP contribution in [-0.4, -0.2) is 40.6 Å². The van der Waals surface area contributed by atoms with E-state index in [1.54, 1.807) is 0 Å². The van der Waals surface area contributed by atoms with Crippen LogP contribution < -0.4 is 5.32 Å². The molecule has 2 N–H and O–H groups in total. The van der Waals surface area contributed by atoms with E-state index in [2.05, 4.69) is 19.2 Å². The topological polar surface area (TPSA) is 69.6 Å². The zero-order valence-corrected chi connectivity index (χ0v) is 13.2. The standard InChI is InChI=1S/C16H28N2O3/c1-11(2)10-18(14-5-3-4-6-14)16(21)17-13-8-7-12(9-13)15(19)20/h11-14H,3-10H2,1-2H3,(H,17,21)(H,19,20). The van der Waals surface area contributed by atoms with E-state index in [4.69, 9.17) is 5.11 Å². The Hall–Kier alpha value is -1.26. The van der Waals surface area contributed by atoms with Crippen LogP contribution in [0.15, 0.2) is 0 Å². The van der Waals surface area contributed by atoms with E-state index in [0.29, 0.717) is 24.8 Å². The van der Waals surface area contributed by atoms with Gasteiger partial charge in [-0.2, -0.15) is 0 Å². The maximum Gasteiger partial charge on any atom is 0.317 e. The number of hydrogen-bond donors (Lipinski definition) is 2. The number of carboxylic acid groups (broad SMARTS) is 1. The predicted molar refractivity (Wildman–Crippen MR) is 81.1 cm³/mol. The Morgan fingerprint density at radius 1 is 1.19 bits per heavy atom. The summed E-state index contributed by atoms with van der Waals surface area (Å²) in [5.41, 5.74) is 0. The van der Waals surface area contributed by atoms with Crippen LogP contribution in [0.2, 0.25) is 0 Å². The van der Waals surface area contributed by atoms with Crippen LogP contribution in [0.1, 0.15) is 58.8 Å². The number of carboxylic acids is 1. The average molecular weight is 296 g/mol. The fraction of sp³-hybridized carbons (Fsp3) is 0.875. The summed E-state index contributed by atoms with van der Waals surface area (Å²) < 4.78 is 0. The molecule has 0 saturated heterocycles. The quantitative estimate of drug-likeness (QED) is 0.819. The minimum absolute atomic E-state index is 0.00615. The van der Waals surface area contributed by atoms with Gasteiger partial charge in [0.05, 0.1) is 5.92 Å². The second-order valence-electron chi connectivity index (χ2n) is 6.98. The van der Waals surface area contributed by atoms with Gasteiger partial charge in [-0.3, -0.25) is 4.79 Å². The summed E-state index contributed by atoms with van der Waals surface area (Å²) in [6, 6.07) is 0.394. The van der Waals surface area contributed by atoms with Gasteiger partial charge in [-0.15, -0.1) is 0 Å². The Balaban J connectivity index is 1.90. The molecule has 0 spiro atoms. The molecule has 5 heteroatoms. The molecule has 0 heterocycles. The molecule has 2 fully saturated rings. The van der Waals surface area contributed by atoms with Crippen molar-refractivity contribution in [2.24, 2.45) is 11.8 Å². The van der Waals surface area contributed by atoms with Gasteiger partial charge in [0, 0.05) is 18.6 Å². The molecule has 2 saturated carbocycles. The van der Waals surface area contributed by atoms with Gasteiger partial charge in [-0.1, -0.05) is 26.7 Å². The molecule has 21 heavy (non-hydrogen) atoms. The highest BCUT2D eigenvalue weighted by Gasteiger charge is 2.33. The molecule has 2 rings (SSSR count). The normalized spacial score (nSPS) is 26.2. The van der Waals surface area contributed by atoms with Crippen molar-refractivity contribution in [3.8, 4) is 0 Å². The van der Waals surface area contributed by atoms with E-state index in [1.165, 1.54) is 12.8 Å². The maximum absolute atomic E-state index is 12.6. The molecule has 2 amide bonds. The number of hydrogen-bond acceptors (Lipinski definition) is 2. The number of aliphatic carboxylic acids is 1. The summed E-state index contributed by atoms with van der Waals surface area (Å²) in [5.74, 6) is -0.575. The lowest BCUT2D eigenvalue weighted by atomic mass is 10.1. The SMILES string of the molecule is CC(C)CN(C(=O)NC1CCC(C(=O)O)C1)C1CCCC1. The van der Waals surface area contributed by atoms with Crippen LogP contribution in [0.3, 0.4) is 0 Å². The molecule has 120 valence electrons. The third-order valence-electron chi connectivity index (χ3n) is 4.70. The third-order valence-corrected chi connectivity index (χ3v) is 4.70. The summed E-state index contributed by atoms with van der Waals surface area (Å²) in [4.78, 5) is 25.6. The highest BCUT2D eigenvalue weighted by Crippen LogP contribution is 2.27. The molecular weight excluding hydrogens is 268 g/mol. The van der Waals surface area contributed by atoms with Gasteiger partial charge in [-0.25, -0.2) is 4.79 Å². The Kier molecular flexibility index (Phi) is 5.48. The molecule has 0 aliphatic heterocycles. The number of rotatable bonds is 5. The second kappa shape index (κ2) is 7.14. The van der Waals surface area contributed by atoms with Gasteiger partial charge in [0.2, 0.25) is 0 Å². The zero-order valence-electron chi connectivity index (χ0n) is 13.2. The predicted octanol–water partition coefficient (Wildman–Crippen LogP) is 2.85. The van der Waals surface area contributed by atoms with Crippen LogP contribution in [0.25, 0.3) is 0 Å². The van der Waals surface area contributed by atoms with E-state index < -0.39 is 5.97 Å². The van der Waals surface area contributed by atoms with E-state index in [9.17, 15) is 9.59 Å². The number of nitrogens with zero attached hydrogens (tertiary/aromatic N) is 1. The van der Waals surface area contributed by atoms with Gasteiger partial charge in [0.25, 0.3) is 0 Å². The molecule has 5 nitrogen and oxygen atoms in total. The van der Waals surface area contributed by atoms with Crippen molar-refractivity contribution < 1.29 is 14.7 Å². The lowest BCUT2D eigenvalue weighted by Gasteiger charge is -2.32. The van der Waals surface area contributed by atoms with Gasteiger partial charge in [0.1, 0.15) is 0 Å². The monoisotopic (exact) mass is 296 g/mol. The lowest BCUT2D eigenvalue weighted by molar-refractivity contribution is -0.141. The first-order valence-electron chi connectivity index (χ1n) is 8.27. The summed E-state index contributed by atoms with van der Waals surface area (Å²) >= 11 is 0. The van der Waals surface area contributed by atoms with Crippen LogP contribution >= 0.6 is 0 Å². The summed E-state index contributed by atoms with van der Waals surface area (Å²) in [6.45, 7) is 5.04. The third kappa shape index (κ3) is 4.35. The highest BCUT2D eigenvalue weighted by atomic mass is 16.4. The van der Waals surface area contributed by atoms with Gasteiger partial charge in [0.15, 0.2) is 0 Å². The number of urea groups is 1. The first-order chi connectivity index (χ1) is 9.97. The van der Waals surface area contributed by atoms with Crippen molar-refractivity contribution in [2.45, 2.75) is 70.9 Å². The fourth-order valence-electron chi connectivity index (χ4n) is 3.60. The van der Waals surface area contributed by atoms with Crippen LogP contribution in [0, 0.1) is 11.8 Å². The molecular formula is C16H28N2O3. The Morgan fingerprint density at radius 3 is 2.38 bits per heavy atom. The molecule has 0 aromatic carbocycles. The van der Waals surface area contributed by atoms with Gasteiger partial charge < -0.3 is 15.3 Å². The van der Waals surface area contributed by atoms with Crippen molar-refractivity contribution >= 4 is 12.0 Å². The lowest BCUT2D eigenvalue weighted by Crippen LogP contribution is -2.49. The van der Waals surface area contributed by atoms with Crippen LogP contribution in [0.5, 0.6) is 0 Å². The van der Waals surface area contributed by atoms with E-state index >= 15 is 0 Å². The molecule has 2 unspecified atom stereocenters. The smallest absolute Gasteiger partial charge is 0.317 e. The number of nitrogens with one attached hydrogen (secondary N) is 1. The molecule has 0 aromatic rings. The molecule has 2 aliphatic rings. The Bertz CT molecular complexity index is 378. The van der Waals surface area contributed by atoms with Gasteiger partial charge >= 0.3 is 12.0 Å². The van der Waals surface area contributed by atoms with Crippen LogP contribution in [0.4, 0.5) is 4.79 Å². The minimum Gasteiger partial charge on any atom is -0.481 e. The second-order valence-corrected chi connectivity index (χ2v) is 6.98. The van der Waals surface area contributed by atoms with Crippen LogP contribution in [-0.2, 0) is 4.79 Å². The van der Waals surface area contributed by atoms with Crippen molar-refractivity contribution in [3.05, 3.63) is 0 Å². The molecule has 0 bridgehead atoms. The Morgan fingerprint density at radius 2 is 1.86 bits per heavy atom. The van der Waals surface area contributed by atoms with Crippen molar-refractivity contribution in [1.29, 1.82) is 0 Å². The molecule has 0 aromatic heterocycles. The fourth-order valence-corrected chi connectivity index (χ4v) is 3.60. The number of carbonyl (C=O) groups is 2. The van der Waals surface area contributed by atoms with E-state index in [-0.39, 0.29) is 18.0 Å². The summed E-state index contributed by atoms with van der Waals surface area (Å²) in [7, 11) is 0. The number of carbonyl (C=O) groups excluding carboxylic acids is 1. The first kappa shape index (κ1) is 16.1. The maximum atomic E-state index is 12.6. The summed E-state index contributed by atoms with van der Waals surface area (Å²) in [5, 5.41) is 12.1. The average Bonchev–Trinajstić information content (AvgIpc) is 3.06. The Labute approximate surface area is 127 Å². The minimum atomic E-state index is -0.735. The first-order valence-corrected chi connectivity index (χ1v) is 8.27. The highest BCUT2D eigenvalue weighted by molar-refractivity contribution is 5.75. The molecule has 0 radical (unpaired) electrons. The summed E-state index contributed by atoms with van der Waals surface area (Å²) in [6.07, 6.45) is 6.64. The van der Waals surface area contributed by atoms with Crippen molar-refractivity contribution in [1.82, 2.24) is 10.2 Å². The molecule has 2 atom stereocenters. The van der Waals surface area contributed by atoms with Crippen molar-refractivity contribution in [3.63, 3.8) is 0 Å². The number of amides is 2.